The standard InChI is InChI=1S/C18H27N3O3/c22-17(20-8-4-9-20)7-10-19-11-13-21(14-12-19)18(23)24-15-16-5-2-1-3-6-16/h1-3,5-6,17,22H,4,7-15H2. The summed E-state index contributed by atoms with van der Waals surface area (Å²) in [5.74, 6) is 0. The lowest BCUT2D eigenvalue weighted by molar-refractivity contribution is -0.0451. The number of aliphatic hydroxyl groups is 1. The van der Waals surface area contributed by atoms with Gasteiger partial charge >= 0.3 is 6.09 Å². The number of amides is 1. The monoisotopic (exact) mass is 333 g/mol. The summed E-state index contributed by atoms with van der Waals surface area (Å²) in [5, 5.41) is 10.0. The number of likely N-dealkylation sites (tertiary alicyclic amines) is 1. The molecule has 0 saturated carbocycles. The van der Waals surface area contributed by atoms with Crippen LogP contribution in [0.5, 0.6) is 0 Å². The molecular formula is C18H27N3O3. The fourth-order valence-electron chi connectivity index (χ4n) is 3.08. The highest BCUT2D eigenvalue weighted by Gasteiger charge is 2.25. The number of benzene rings is 1. The molecule has 2 heterocycles. The third-order valence-corrected chi connectivity index (χ3v) is 4.85. The quantitative estimate of drug-likeness (QED) is 0.852. The van der Waals surface area contributed by atoms with Gasteiger partial charge in [-0.3, -0.25) is 9.80 Å². The molecular weight excluding hydrogens is 306 g/mol. The number of hydrogen-bond acceptors (Lipinski definition) is 5. The lowest BCUT2D eigenvalue weighted by Gasteiger charge is -2.38. The highest BCUT2D eigenvalue weighted by Crippen LogP contribution is 2.13. The fraction of sp³-hybridized carbons (Fsp3) is 0.611. The van der Waals surface area contributed by atoms with E-state index < -0.39 is 0 Å². The largest absolute Gasteiger partial charge is 0.445 e. The Morgan fingerprint density at radius 2 is 1.79 bits per heavy atom. The Morgan fingerprint density at radius 1 is 1.08 bits per heavy atom. The lowest BCUT2D eigenvalue weighted by Crippen LogP contribution is -2.50. The third-order valence-electron chi connectivity index (χ3n) is 4.85. The maximum Gasteiger partial charge on any atom is 0.410 e. The Labute approximate surface area is 143 Å². The van der Waals surface area contributed by atoms with Crippen molar-refractivity contribution in [2.75, 3.05) is 45.8 Å². The van der Waals surface area contributed by atoms with E-state index >= 15 is 0 Å². The van der Waals surface area contributed by atoms with Crippen molar-refractivity contribution < 1.29 is 14.6 Å². The molecule has 6 nitrogen and oxygen atoms in total. The number of ether oxygens (including phenoxy) is 1. The van der Waals surface area contributed by atoms with Crippen LogP contribution in [-0.4, -0.2) is 77.9 Å². The van der Waals surface area contributed by atoms with Crippen LogP contribution in [0.25, 0.3) is 0 Å². The summed E-state index contributed by atoms with van der Waals surface area (Å²) in [6.07, 6.45) is 1.42. The maximum atomic E-state index is 12.1. The number of piperazine rings is 1. The molecule has 0 spiro atoms. The van der Waals surface area contributed by atoms with E-state index in [0.29, 0.717) is 19.7 Å². The molecule has 6 heteroatoms. The van der Waals surface area contributed by atoms with E-state index in [9.17, 15) is 9.90 Å². The molecule has 24 heavy (non-hydrogen) atoms. The van der Waals surface area contributed by atoms with Crippen molar-refractivity contribution in [1.82, 2.24) is 14.7 Å². The number of rotatable bonds is 6. The van der Waals surface area contributed by atoms with E-state index in [1.807, 2.05) is 30.3 Å². The van der Waals surface area contributed by atoms with Gasteiger partial charge in [-0.05, 0) is 18.4 Å². The van der Waals surface area contributed by atoms with Crippen molar-refractivity contribution in [2.45, 2.75) is 25.7 Å². The minimum atomic E-state index is -0.312. The summed E-state index contributed by atoms with van der Waals surface area (Å²) in [6, 6.07) is 9.74. The summed E-state index contributed by atoms with van der Waals surface area (Å²) in [4.78, 5) is 18.3. The zero-order valence-electron chi connectivity index (χ0n) is 14.1. The van der Waals surface area contributed by atoms with Gasteiger partial charge in [0, 0.05) is 45.8 Å². The maximum absolute atomic E-state index is 12.1. The molecule has 3 rings (SSSR count). The predicted molar refractivity (Wildman–Crippen MR) is 91.5 cm³/mol. The van der Waals surface area contributed by atoms with Crippen LogP contribution < -0.4 is 0 Å². The highest BCUT2D eigenvalue weighted by molar-refractivity contribution is 5.67. The minimum absolute atomic E-state index is 0.237. The molecule has 0 radical (unpaired) electrons. The molecule has 1 unspecified atom stereocenters. The zero-order valence-corrected chi connectivity index (χ0v) is 14.1. The van der Waals surface area contributed by atoms with Crippen molar-refractivity contribution in [3.8, 4) is 0 Å². The van der Waals surface area contributed by atoms with Crippen LogP contribution in [0.2, 0.25) is 0 Å². The Kier molecular flexibility index (Phi) is 6.07. The van der Waals surface area contributed by atoms with Gasteiger partial charge in [0.25, 0.3) is 0 Å². The highest BCUT2D eigenvalue weighted by atomic mass is 16.6. The zero-order chi connectivity index (χ0) is 16.8. The van der Waals surface area contributed by atoms with Crippen molar-refractivity contribution in [3.63, 3.8) is 0 Å². The Morgan fingerprint density at radius 3 is 2.42 bits per heavy atom. The van der Waals surface area contributed by atoms with Gasteiger partial charge in [0.1, 0.15) is 12.8 Å². The van der Waals surface area contributed by atoms with Gasteiger partial charge in [-0.15, -0.1) is 0 Å². The normalized spacial score (nSPS) is 20.5. The molecule has 1 aromatic rings. The van der Waals surface area contributed by atoms with Crippen molar-refractivity contribution in [1.29, 1.82) is 0 Å². The van der Waals surface area contributed by atoms with Gasteiger partial charge in [-0.1, -0.05) is 30.3 Å². The average molecular weight is 333 g/mol. The second-order valence-corrected chi connectivity index (χ2v) is 6.53. The first kappa shape index (κ1) is 17.2. The minimum Gasteiger partial charge on any atom is -0.445 e. The number of nitrogens with zero attached hydrogens (tertiary/aromatic N) is 3. The predicted octanol–water partition coefficient (Wildman–Crippen LogP) is 1.36. The SMILES string of the molecule is O=C(OCc1ccccc1)N1CCN(CCC(O)N2CCC2)CC1. The molecule has 2 aliphatic heterocycles. The van der Waals surface area contributed by atoms with Gasteiger partial charge in [-0.25, -0.2) is 4.79 Å². The number of aliphatic hydroxyl groups excluding tert-OH is 1. The molecule has 2 fully saturated rings. The Balaban J connectivity index is 1.33. The Hall–Kier alpha value is -1.63. The van der Waals surface area contributed by atoms with Crippen molar-refractivity contribution in [3.05, 3.63) is 35.9 Å². The number of carbonyl (C=O) groups is 1. The topological polar surface area (TPSA) is 56.3 Å². The van der Waals surface area contributed by atoms with E-state index in [1.54, 1.807) is 4.90 Å². The second-order valence-electron chi connectivity index (χ2n) is 6.53. The van der Waals surface area contributed by atoms with E-state index in [0.717, 1.165) is 44.7 Å². The fourth-order valence-corrected chi connectivity index (χ4v) is 3.08. The first-order valence-corrected chi connectivity index (χ1v) is 8.82. The molecule has 1 aromatic carbocycles. The molecule has 2 aliphatic rings. The van der Waals surface area contributed by atoms with Crippen molar-refractivity contribution in [2.24, 2.45) is 0 Å². The number of hydrogen-bond donors (Lipinski definition) is 1. The van der Waals surface area contributed by atoms with E-state index in [-0.39, 0.29) is 12.3 Å². The van der Waals surface area contributed by atoms with Crippen LogP contribution in [0.4, 0.5) is 4.79 Å². The first-order valence-electron chi connectivity index (χ1n) is 8.82. The molecule has 0 bridgehead atoms. The summed E-state index contributed by atoms with van der Waals surface area (Å²) in [6.45, 7) is 6.29. The van der Waals surface area contributed by atoms with Crippen LogP contribution in [0.1, 0.15) is 18.4 Å². The molecule has 2 saturated heterocycles. The molecule has 0 aliphatic carbocycles. The van der Waals surface area contributed by atoms with E-state index in [1.165, 1.54) is 6.42 Å². The molecule has 1 N–H and O–H groups in total. The summed E-state index contributed by atoms with van der Waals surface area (Å²) < 4.78 is 5.38. The van der Waals surface area contributed by atoms with Crippen LogP contribution in [0.15, 0.2) is 30.3 Å². The van der Waals surface area contributed by atoms with Gasteiger partial charge in [-0.2, -0.15) is 0 Å². The number of carbonyl (C=O) groups excluding carboxylic acids is 1. The van der Waals surface area contributed by atoms with Gasteiger partial charge in [0.15, 0.2) is 0 Å². The van der Waals surface area contributed by atoms with Gasteiger partial charge < -0.3 is 14.7 Å². The summed E-state index contributed by atoms with van der Waals surface area (Å²) in [5.41, 5.74) is 1.00. The van der Waals surface area contributed by atoms with Gasteiger partial charge in [0.2, 0.25) is 0 Å². The first-order chi connectivity index (χ1) is 11.7. The summed E-state index contributed by atoms with van der Waals surface area (Å²) >= 11 is 0. The lowest BCUT2D eigenvalue weighted by atomic mass is 10.2. The molecule has 1 amide bonds. The van der Waals surface area contributed by atoms with Crippen LogP contribution in [-0.2, 0) is 11.3 Å². The van der Waals surface area contributed by atoms with Crippen molar-refractivity contribution >= 4 is 6.09 Å². The van der Waals surface area contributed by atoms with Crippen LogP contribution in [0.3, 0.4) is 0 Å². The molecule has 0 aromatic heterocycles. The molecule has 132 valence electrons. The van der Waals surface area contributed by atoms with Crippen LogP contribution in [0, 0.1) is 0 Å². The third kappa shape index (κ3) is 4.69. The molecule has 1 atom stereocenters. The average Bonchev–Trinajstić information content (AvgIpc) is 2.58. The Bertz CT molecular complexity index is 514. The van der Waals surface area contributed by atoms with Gasteiger partial charge in [0.05, 0.1) is 0 Å². The second kappa shape index (κ2) is 8.46. The smallest absolute Gasteiger partial charge is 0.410 e. The summed E-state index contributed by atoms with van der Waals surface area (Å²) in [7, 11) is 0. The van der Waals surface area contributed by atoms with E-state index in [4.69, 9.17) is 4.74 Å². The van der Waals surface area contributed by atoms with E-state index in [2.05, 4.69) is 9.80 Å². The van der Waals surface area contributed by atoms with Crippen LogP contribution >= 0.6 is 0 Å².